The van der Waals surface area contributed by atoms with Gasteiger partial charge in [0, 0.05) is 31.4 Å². The van der Waals surface area contributed by atoms with E-state index in [0.29, 0.717) is 12.2 Å². The first-order valence-corrected chi connectivity index (χ1v) is 10.7. The van der Waals surface area contributed by atoms with E-state index in [0.717, 1.165) is 44.3 Å². The Kier molecular flexibility index (Phi) is 7.37. The second-order valence-electron chi connectivity index (χ2n) is 8.53. The molecule has 2 aromatic rings. The van der Waals surface area contributed by atoms with Crippen LogP contribution >= 0.6 is 0 Å². The Labute approximate surface area is 177 Å². The monoisotopic (exact) mass is 414 g/mol. The number of aryl methyl sites for hydroxylation is 1. The summed E-state index contributed by atoms with van der Waals surface area (Å²) in [7, 11) is 0. The molecule has 1 aromatic heterocycles. The van der Waals surface area contributed by atoms with Gasteiger partial charge in [0.2, 0.25) is 5.43 Å². The van der Waals surface area contributed by atoms with Crippen LogP contribution in [-0.4, -0.2) is 46.8 Å². The van der Waals surface area contributed by atoms with E-state index < -0.39 is 17.2 Å². The summed E-state index contributed by atoms with van der Waals surface area (Å²) in [6, 6.07) is 7.45. The lowest BCUT2D eigenvalue weighted by Crippen LogP contribution is -2.39. The van der Waals surface area contributed by atoms with Gasteiger partial charge in [-0.15, -0.1) is 0 Å². The smallest absolute Gasteiger partial charge is 0.275 e. The van der Waals surface area contributed by atoms with E-state index in [9.17, 15) is 14.0 Å². The number of nitrogens with one attached hydrogen (secondary N) is 1. The molecular formula is C23H31FN4O2. The first kappa shape index (κ1) is 22.2. The molecule has 1 saturated heterocycles. The molecule has 0 spiro atoms. The zero-order valence-electron chi connectivity index (χ0n) is 18.0. The molecule has 1 aromatic carbocycles. The van der Waals surface area contributed by atoms with E-state index in [2.05, 4.69) is 29.2 Å². The Bertz CT molecular complexity index is 933. The first-order valence-electron chi connectivity index (χ1n) is 10.7. The van der Waals surface area contributed by atoms with Gasteiger partial charge in [0.1, 0.15) is 11.5 Å². The molecule has 1 amide bonds. The van der Waals surface area contributed by atoms with Crippen LogP contribution in [0.15, 0.2) is 35.1 Å². The molecule has 1 fully saturated rings. The summed E-state index contributed by atoms with van der Waals surface area (Å²) in [5.74, 6) is 0.477. The number of hydrogen-bond acceptors (Lipinski definition) is 4. The Morgan fingerprint density at radius 1 is 1.20 bits per heavy atom. The summed E-state index contributed by atoms with van der Waals surface area (Å²) in [6.07, 6.45) is 3.11. The van der Waals surface area contributed by atoms with Crippen molar-refractivity contribution < 1.29 is 9.18 Å². The average molecular weight is 415 g/mol. The maximum absolute atomic E-state index is 14.1. The number of hydrogen-bond donors (Lipinski definition) is 1. The van der Waals surface area contributed by atoms with Crippen molar-refractivity contribution in [1.29, 1.82) is 0 Å². The number of carbonyl (C=O) groups excluding carboxylic acids is 1. The number of para-hydroxylation sites is 1. The number of aromatic nitrogens is 2. The number of amides is 1. The van der Waals surface area contributed by atoms with Crippen LogP contribution in [0.1, 0.15) is 49.3 Å². The van der Waals surface area contributed by atoms with Gasteiger partial charge in [-0.2, -0.15) is 5.10 Å². The minimum Gasteiger partial charge on any atom is -0.351 e. The molecule has 2 heterocycles. The second-order valence-corrected chi connectivity index (χ2v) is 8.53. The largest absolute Gasteiger partial charge is 0.351 e. The zero-order valence-corrected chi connectivity index (χ0v) is 18.0. The minimum atomic E-state index is -0.523. The molecule has 0 aliphatic carbocycles. The predicted molar refractivity (Wildman–Crippen MR) is 115 cm³/mol. The van der Waals surface area contributed by atoms with E-state index in [1.165, 1.54) is 23.2 Å². The van der Waals surface area contributed by atoms with Crippen molar-refractivity contribution in [2.45, 2.75) is 40.0 Å². The van der Waals surface area contributed by atoms with Crippen molar-refractivity contribution >= 4 is 5.91 Å². The van der Waals surface area contributed by atoms with Gasteiger partial charge in [-0.25, -0.2) is 9.07 Å². The van der Waals surface area contributed by atoms with Gasteiger partial charge in [-0.3, -0.25) is 9.59 Å². The van der Waals surface area contributed by atoms with Crippen molar-refractivity contribution in [2.75, 3.05) is 26.2 Å². The van der Waals surface area contributed by atoms with Gasteiger partial charge >= 0.3 is 0 Å². The molecule has 7 heteroatoms. The van der Waals surface area contributed by atoms with E-state index in [4.69, 9.17) is 0 Å². The third-order valence-corrected chi connectivity index (χ3v) is 5.53. The highest BCUT2D eigenvalue weighted by Crippen LogP contribution is 2.21. The van der Waals surface area contributed by atoms with Crippen LogP contribution < -0.4 is 10.7 Å². The molecule has 1 aliphatic rings. The van der Waals surface area contributed by atoms with Crippen molar-refractivity contribution in [2.24, 2.45) is 11.8 Å². The Morgan fingerprint density at radius 3 is 2.60 bits per heavy atom. The normalized spacial score (nSPS) is 19.6. The van der Waals surface area contributed by atoms with Gasteiger partial charge in [-0.05, 0) is 56.7 Å². The van der Waals surface area contributed by atoms with Gasteiger partial charge in [0.05, 0.1) is 0 Å². The standard InChI is InChI=1S/C23H31FN4O2/c1-16-12-17(2)15-27(14-16)11-7-6-10-25-23(30)22-21(29)13-18(3)28(26-22)20-9-5-4-8-19(20)24/h4-5,8-9,13,16-17H,6-7,10-12,14-15H2,1-3H3,(H,25,30)/t16-,17+. The number of rotatable bonds is 7. The number of carbonyl (C=O) groups is 1. The van der Waals surface area contributed by atoms with Crippen molar-refractivity contribution in [1.82, 2.24) is 20.0 Å². The van der Waals surface area contributed by atoms with Crippen molar-refractivity contribution in [3.05, 3.63) is 57.8 Å². The molecule has 0 bridgehead atoms. The summed E-state index contributed by atoms with van der Waals surface area (Å²) in [5, 5.41) is 6.92. The lowest BCUT2D eigenvalue weighted by atomic mass is 9.92. The van der Waals surface area contributed by atoms with Crippen molar-refractivity contribution in [3.8, 4) is 5.69 Å². The van der Waals surface area contributed by atoms with Gasteiger partial charge in [0.15, 0.2) is 5.69 Å². The Hall–Kier alpha value is -2.54. The molecule has 2 atom stereocenters. The molecule has 0 saturated carbocycles. The highest BCUT2D eigenvalue weighted by atomic mass is 19.1. The van der Waals surface area contributed by atoms with Crippen LogP contribution in [0.3, 0.4) is 0 Å². The van der Waals surface area contributed by atoms with Crippen LogP contribution in [0, 0.1) is 24.6 Å². The molecule has 0 radical (unpaired) electrons. The van der Waals surface area contributed by atoms with Crippen LogP contribution in [-0.2, 0) is 0 Å². The number of nitrogens with zero attached hydrogens (tertiary/aromatic N) is 3. The number of halogens is 1. The molecule has 3 rings (SSSR count). The lowest BCUT2D eigenvalue weighted by Gasteiger charge is -2.34. The fourth-order valence-corrected chi connectivity index (χ4v) is 4.29. The van der Waals surface area contributed by atoms with Gasteiger partial charge in [0.25, 0.3) is 5.91 Å². The van der Waals surface area contributed by atoms with Crippen molar-refractivity contribution in [3.63, 3.8) is 0 Å². The van der Waals surface area contributed by atoms with Gasteiger partial charge in [-0.1, -0.05) is 26.0 Å². The minimum absolute atomic E-state index is 0.203. The fraction of sp³-hybridized carbons (Fsp3) is 0.522. The molecule has 30 heavy (non-hydrogen) atoms. The summed E-state index contributed by atoms with van der Waals surface area (Å²) in [4.78, 5) is 27.3. The molecule has 1 N–H and O–H groups in total. The SMILES string of the molecule is Cc1cc(=O)c(C(=O)NCCCCN2C[C@H](C)C[C@H](C)C2)nn1-c1ccccc1F. The Morgan fingerprint density at radius 2 is 1.90 bits per heavy atom. The quantitative estimate of drug-likeness (QED) is 0.707. The van der Waals surface area contributed by atoms with E-state index in [1.54, 1.807) is 25.1 Å². The van der Waals surface area contributed by atoms with Gasteiger partial charge < -0.3 is 10.2 Å². The highest BCUT2D eigenvalue weighted by molar-refractivity contribution is 5.92. The molecule has 0 unspecified atom stereocenters. The zero-order chi connectivity index (χ0) is 21.7. The number of benzene rings is 1. The predicted octanol–water partition coefficient (Wildman–Crippen LogP) is 3.17. The van der Waals surface area contributed by atoms with Crippen LogP contribution in [0.4, 0.5) is 4.39 Å². The average Bonchev–Trinajstić information content (AvgIpc) is 2.68. The maximum Gasteiger partial charge on any atom is 0.275 e. The van der Waals surface area contributed by atoms with E-state index in [-0.39, 0.29) is 11.4 Å². The molecule has 162 valence electrons. The lowest BCUT2D eigenvalue weighted by molar-refractivity contribution is 0.0943. The van der Waals surface area contributed by atoms with E-state index in [1.807, 2.05) is 0 Å². The highest BCUT2D eigenvalue weighted by Gasteiger charge is 2.21. The topological polar surface area (TPSA) is 67.2 Å². The number of unbranched alkanes of at least 4 members (excludes halogenated alkanes) is 1. The molecule has 1 aliphatic heterocycles. The maximum atomic E-state index is 14.1. The summed E-state index contributed by atoms with van der Waals surface area (Å²) >= 11 is 0. The summed E-state index contributed by atoms with van der Waals surface area (Å²) in [5.41, 5.74) is -0.0166. The summed E-state index contributed by atoms with van der Waals surface area (Å²) in [6.45, 7) is 10.0. The third kappa shape index (κ3) is 5.53. The number of piperidine rings is 1. The first-order chi connectivity index (χ1) is 14.3. The molecule has 6 nitrogen and oxygen atoms in total. The second kappa shape index (κ2) is 9.98. The van der Waals surface area contributed by atoms with E-state index >= 15 is 0 Å². The third-order valence-electron chi connectivity index (χ3n) is 5.53. The fourth-order valence-electron chi connectivity index (χ4n) is 4.29. The molecular weight excluding hydrogens is 383 g/mol. The number of likely N-dealkylation sites (tertiary alicyclic amines) is 1. The Balaban J connectivity index is 1.56. The van der Waals surface area contributed by atoms with Crippen LogP contribution in [0.5, 0.6) is 0 Å². The van der Waals surface area contributed by atoms with Crippen LogP contribution in [0.25, 0.3) is 5.69 Å². The summed E-state index contributed by atoms with van der Waals surface area (Å²) < 4.78 is 15.4. The van der Waals surface area contributed by atoms with Crippen LogP contribution in [0.2, 0.25) is 0 Å².